The minimum Gasteiger partial charge on any atom is -0.480 e. The summed E-state index contributed by atoms with van der Waals surface area (Å²) in [4.78, 5) is 34.6. The minimum atomic E-state index is -1.15. The van der Waals surface area contributed by atoms with E-state index in [0.29, 0.717) is 17.4 Å². The number of pyridine rings is 1. The van der Waals surface area contributed by atoms with Crippen molar-refractivity contribution >= 4 is 27.8 Å². The molecule has 20 heavy (non-hydrogen) atoms. The van der Waals surface area contributed by atoms with Crippen LogP contribution in [0.15, 0.2) is 33.7 Å². The minimum absolute atomic E-state index is 0.0951. The van der Waals surface area contributed by atoms with E-state index >= 15 is 0 Å². The van der Waals surface area contributed by atoms with Crippen molar-refractivity contribution in [2.75, 3.05) is 6.54 Å². The summed E-state index contributed by atoms with van der Waals surface area (Å²) in [6, 6.07) is 1.37. The second-order valence-electron chi connectivity index (χ2n) is 4.36. The first kappa shape index (κ1) is 16.2. The Morgan fingerprint density at radius 2 is 2.15 bits per heavy atom. The van der Waals surface area contributed by atoms with E-state index in [1.807, 2.05) is 6.92 Å². The predicted octanol–water partition coefficient (Wildman–Crippen LogP) is 1.39. The SMILES string of the molecule is C=C(C)CCNC(=O)c1cc(Br)cn(CC(=O)O)c1=O. The molecule has 0 saturated heterocycles. The summed E-state index contributed by atoms with van der Waals surface area (Å²) in [7, 11) is 0. The van der Waals surface area contributed by atoms with E-state index < -0.39 is 24.0 Å². The molecule has 6 nitrogen and oxygen atoms in total. The molecule has 1 aromatic heterocycles. The molecule has 0 atom stereocenters. The third-order valence-corrected chi connectivity index (χ3v) is 2.87. The number of carboxylic acids is 1. The highest BCUT2D eigenvalue weighted by atomic mass is 79.9. The summed E-state index contributed by atoms with van der Waals surface area (Å²) in [6.45, 7) is 5.43. The van der Waals surface area contributed by atoms with Crippen LogP contribution in [0.25, 0.3) is 0 Å². The van der Waals surface area contributed by atoms with Crippen molar-refractivity contribution in [1.82, 2.24) is 9.88 Å². The molecule has 2 N–H and O–H groups in total. The van der Waals surface area contributed by atoms with Crippen LogP contribution in [0.4, 0.5) is 0 Å². The van der Waals surface area contributed by atoms with Gasteiger partial charge in [0.1, 0.15) is 12.1 Å². The van der Waals surface area contributed by atoms with E-state index in [9.17, 15) is 14.4 Å². The molecule has 0 saturated carbocycles. The van der Waals surface area contributed by atoms with Crippen molar-refractivity contribution < 1.29 is 14.7 Å². The van der Waals surface area contributed by atoms with Crippen molar-refractivity contribution in [3.8, 4) is 0 Å². The standard InChI is InChI=1S/C13H15BrN2O4/c1-8(2)3-4-15-12(19)10-5-9(14)6-16(13(10)20)7-11(17)18/h5-6H,1,3-4,7H2,2H3,(H,15,19)(H,17,18). The molecule has 0 aliphatic carbocycles. The maximum absolute atomic E-state index is 12.0. The molecule has 0 unspecified atom stereocenters. The van der Waals surface area contributed by atoms with Gasteiger partial charge in [-0.25, -0.2) is 0 Å². The Bertz CT molecular complexity index is 607. The molecule has 1 amide bonds. The van der Waals surface area contributed by atoms with Crippen LogP contribution in [0.1, 0.15) is 23.7 Å². The number of rotatable bonds is 6. The number of hydrogen-bond donors (Lipinski definition) is 2. The van der Waals surface area contributed by atoms with E-state index in [0.717, 1.165) is 10.1 Å². The molecule has 1 rings (SSSR count). The molecule has 0 aromatic carbocycles. The quantitative estimate of drug-likeness (QED) is 0.764. The fraction of sp³-hybridized carbons (Fsp3) is 0.308. The molecule has 0 fully saturated rings. The van der Waals surface area contributed by atoms with Crippen LogP contribution in [0.3, 0.4) is 0 Å². The highest BCUT2D eigenvalue weighted by Gasteiger charge is 2.14. The van der Waals surface area contributed by atoms with Gasteiger partial charge in [0, 0.05) is 17.2 Å². The van der Waals surface area contributed by atoms with Crippen LogP contribution in [-0.4, -0.2) is 28.1 Å². The van der Waals surface area contributed by atoms with E-state index in [1.54, 1.807) is 0 Å². The largest absolute Gasteiger partial charge is 0.480 e. The number of amides is 1. The number of carboxylic acid groups (broad SMARTS) is 1. The van der Waals surface area contributed by atoms with Gasteiger partial charge >= 0.3 is 5.97 Å². The molecular weight excluding hydrogens is 328 g/mol. The van der Waals surface area contributed by atoms with Crippen LogP contribution in [0.5, 0.6) is 0 Å². The van der Waals surface area contributed by atoms with Gasteiger partial charge in [-0.15, -0.1) is 6.58 Å². The van der Waals surface area contributed by atoms with Gasteiger partial charge in [0.25, 0.3) is 11.5 Å². The lowest BCUT2D eigenvalue weighted by Gasteiger charge is -2.08. The Balaban J connectivity index is 2.97. The zero-order valence-corrected chi connectivity index (χ0v) is 12.6. The van der Waals surface area contributed by atoms with E-state index in [-0.39, 0.29) is 5.56 Å². The number of carbonyl (C=O) groups excluding carboxylic acids is 1. The van der Waals surface area contributed by atoms with Crippen LogP contribution in [-0.2, 0) is 11.3 Å². The zero-order chi connectivity index (χ0) is 15.3. The number of hydrogen-bond acceptors (Lipinski definition) is 3. The topological polar surface area (TPSA) is 88.4 Å². The molecule has 0 aliphatic heterocycles. The fourth-order valence-corrected chi connectivity index (χ4v) is 1.99. The van der Waals surface area contributed by atoms with Gasteiger partial charge < -0.3 is 15.0 Å². The fourth-order valence-electron chi connectivity index (χ4n) is 1.51. The third-order valence-electron chi connectivity index (χ3n) is 2.44. The molecular formula is C13H15BrN2O4. The molecule has 0 bridgehead atoms. The van der Waals surface area contributed by atoms with E-state index in [1.165, 1.54) is 12.3 Å². The van der Waals surface area contributed by atoms with Crippen molar-refractivity contribution in [3.63, 3.8) is 0 Å². The number of aromatic nitrogens is 1. The van der Waals surface area contributed by atoms with Crippen LogP contribution in [0, 0.1) is 0 Å². The third kappa shape index (κ3) is 4.65. The highest BCUT2D eigenvalue weighted by molar-refractivity contribution is 9.10. The second kappa shape index (κ2) is 7.04. The van der Waals surface area contributed by atoms with Gasteiger partial charge in [0.05, 0.1) is 0 Å². The first-order valence-electron chi connectivity index (χ1n) is 5.85. The Morgan fingerprint density at radius 3 is 2.70 bits per heavy atom. The molecule has 1 aromatic rings. The smallest absolute Gasteiger partial charge is 0.323 e. The van der Waals surface area contributed by atoms with Gasteiger partial charge in [-0.2, -0.15) is 0 Å². The Morgan fingerprint density at radius 1 is 1.50 bits per heavy atom. The summed E-state index contributed by atoms with van der Waals surface area (Å²) in [5.74, 6) is -1.68. The molecule has 1 heterocycles. The van der Waals surface area contributed by atoms with Crippen LogP contribution >= 0.6 is 15.9 Å². The normalized spacial score (nSPS) is 10.1. The molecule has 0 spiro atoms. The maximum atomic E-state index is 12.0. The Hall–Kier alpha value is -1.89. The lowest BCUT2D eigenvalue weighted by molar-refractivity contribution is -0.137. The van der Waals surface area contributed by atoms with Crippen LogP contribution in [0.2, 0.25) is 0 Å². The average molecular weight is 343 g/mol. The molecule has 0 aliphatic rings. The van der Waals surface area contributed by atoms with Crippen molar-refractivity contribution in [1.29, 1.82) is 0 Å². The van der Waals surface area contributed by atoms with Gasteiger partial charge in [-0.05, 0) is 35.3 Å². The predicted molar refractivity (Wildman–Crippen MR) is 77.8 cm³/mol. The monoisotopic (exact) mass is 342 g/mol. The van der Waals surface area contributed by atoms with Crippen molar-refractivity contribution in [2.24, 2.45) is 0 Å². The van der Waals surface area contributed by atoms with Crippen molar-refractivity contribution in [2.45, 2.75) is 19.9 Å². The number of aliphatic carboxylic acids is 1. The molecule has 108 valence electrons. The van der Waals surface area contributed by atoms with Crippen molar-refractivity contribution in [3.05, 3.63) is 44.8 Å². The molecule has 7 heteroatoms. The Labute approximate surface area is 124 Å². The summed E-state index contributed by atoms with van der Waals surface area (Å²) in [5, 5.41) is 11.3. The lowest BCUT2D eigenvalue weighted by atomic mass is 10.2. The van der Waals surface area contributed by atoms with Crippen LogP contribution < -0.4 is 10.9 Å². The number of nitrogens with zero attached hydrogens (tertiary/aromatic N) is 1. The summed E-state index contributed by atoms with van der Waals surface area (Å²) in [5.41, 5.74) is 0.189. The molecule has 0 radical (unpaired) electrons. The number of carbonyl (C=O) groups is 2. The maximum Gasteiger partial charge on any atom is 0.323 e. The summed E-state index contributed by atoms with van der Waals surface area (Å²) >= 11 is 3.15. The van der Waals surface area contributed by atoms with Gasteiger partial charge in [-0.1, -0.05) is 5.57 Å². The zero-order valence-electron chi connectivity index (χ0n) is 11.0. The van der Waals surface area contributed by atoms with Gasteiger partial charge in [0.2, 0.25) is 0 Å². The van der Waals surface area contributed by atoms with Gasteiger partial charge in [0.15, 0.2) is 0 Å². The first-order valence-corrected chi connectivity index (χ1v) is 6.65. The number of nitrogens with one attached hydrogen (secondary N) is 1. The summed E-state index contributed by atoms with van der Waals surface area (Å²) < 4.78 is 1.43. The van der Waals surface area contributed by atoms with E-state index in [2.05, 4.69) is 27.8 Å². The average Bonchev–Trinajstić information content (AvgIpc) is 2.32. The Kier molecular flexibility index (Phi) is 5.69. The lowest BCUT2D eigenvalue weighted by Crippen LogP contribution is -2.34. The first-order chi connectivity index (χ1) is 9.31. The number of halogens is 1. The second-order valence-corrected chi connectivity index (χ2v) is 5.28. The van der Waals surface area contributed by atoms with E-state index in [4.69, 9.17) is 5.11 Å². The summed E-state index contributed by atoms with van der Waals surface area (Å²) in [6.07, 6.45) is 1.95. The highest BCUT2D eigenvalue weighted by Crippen LogP contribution is 2.09. The van der Waals surface area contributed by atoms with Gasteiger partial charge in [-0.3, -0.25) is 14.4 Å².